The third-order valence-corrected chi connectivity index (χ3v) is 3.42. The van der Waals surface area contributed by atoms with Gasteiger partial charge in [0.25, 0.3) is 5.91 Å². The Bertz CT molecular complexity index is 605. The molecule has 0 spiro atoms. The lowest BCUT2D eigenvalue weighted by Crippen LogP contribution is -2.38. The minimum absolute atomic E-state index is 0.140. The van der Waals surface area contributed by atoms with Crippen LogP contribution in [0.1, 0.15) is 0 Å². The van der Waals surface area contributed by atoms with E-state index in [0.29, 0.717) is 10.7 Å². The highest BCUT2D eigenvalue weighted by atomic mass is 35.5. The third-order valence-electron chi connectivity index (χ3n) is 2.68. The Morgan fingerprint density at radius 1 is 1.35 bits per heavy atom. The van der Waals surface area contributed by atoms with Crippen molar-refractivity contribution >= 4 is 46.7 Å². The van der Waals surface area contributed by atoms with Crippen molar-refractivity contribution in [2.24, 2.45) is 10.9 Å². The van der Waals surface area contributed by atoms with E-state index >= 15 is 0 Å². The highest BCUT2D eigenvalue weighted by Gasteiger charge is 2.37. The SMILES string of the molecule is N/C(CN1CC(=O)N(c2ccc(Cl)c(Cl)c2)C1=O)=N\O. The van der Waals surface area contributed by atoms with E-state index in [1.807, 2.05) is 0 Å². The normalized spacial score (nSPS) is 16.2. The summed E-state index contributed by atoms with van der Waals surface area (Å²) in [5.41, 5.74) is 5.64. The molecule has 9 heteroatoms. The number of anilines is 1. The summed E-state index contributed by atoms with van der Waals surface area (Å²) in [7, 11) is 0. The molecule has 1 heterocycles. The van der Waals surface area contributed by atoms with Gasteiger partial charge in [0.1, 0.15) is 6.54 Å². The molecule has 1 saturated heterocycles. The quantitative estimate of drug-likeness (QED) is 0.290. The van der Waals surface area contributed by atoms with Crippen molar-refractivity contribution in [1.29, 1.82) is 0 Å². The van der Waals surface area contributed by atoms with Gasteiger partial charge in [-0.1, -0.05) is 28.4 Å². The molecule has 0 aliphatic carbocycles. The predicted molar refractivity (Wildman–Crippen MR) is 74.3 cm³/mol. The van der Waals surface area contributed by atoms with Crippen LogP contribution in [0.4, 0.5) is 10.5 Å². The highest BCUT2D eigenvalue weighted by Crippen LogP contribution is 2.29. The molecule has 0 aromatic heterocycles. The van der Waals surface area contributed by atoms with Gasteiger partial charge in [0.2, 0.25) is 0 Å². The molecular formula is C11H10Cl2N4O3. The first kappa shape index (κ1) is 14.4. The summed E-state index contributed by atoms with van der Waals surface area (Å²) in [6.45, 7) is -0.297. The molecule has 0 unspecified atom stereocenters. The minimum atomic E-state index is -0.569. The van der Waals surface area contributed by atoms with Crippen molar-refractivity contribution < 1.29 is 14.8 Å². The maximum absolute atomic E-state index is 12.1. The van der Waals surface area contributed by atoms with Crippen LogP contribution in [-0.2, 0) is 4.79 Å². The smallest absolute Gasteiger partial charge is 0.332 e. The van der Waals surface area contributed by atoms with Gasteiger partial charge >= 0.3 is 6.03 Å². The zero-order valence-electron chi connectivity index (χ0n) is 10.1. The third kappa shape index (κ3) is 2.63. The molecule has 20 heavy (non-hydrogen) atoms. The Balaban J connectivity index is 2.26. The second-order valence-corrected chi connectivity index (χ2v) is 4.87. The van der Waals surface area contributed by atoms with E-state index in [2.05, 4.69) is 5.16 Å². The Labute approximate surface area is 124 Å². The van der Waals surface area contributed by atoms with E-state index in [9.17, 15) is 9.59 Å². The van der Waals surface area contributed by atoms with E-state index in [4.69, 9.17) is 34.1 Å². The molecule has 1 aromatic carbocycles. The predicted octanol–water partition coefficient (Wildman–Crippen LogP) is 1.51. The maximum Gasteiger partial charge on any atom is 0.332 e. The van der Waals surface area contributed by atoms with Crippen LogP contribution in [0.15, 0.2) is 23.4 Å². The molecule has 3 amide bonds. The zero-order valence-corrected chi connectivity index (χ0v) is 11.6. The summed E-state index contributed by atoms with van der Waals surface area (Å²) in [5.74, 6) is -0.596. The summed E-state index contributed by atoms with van der Waals surface area (Å²) in [5, 5.41) is 11.8. The van der Waals surface area contributed by atoms with Crippen LogP contribution in [0.3, 0.4) is 0 Å². The van der Waals surface area contributed by atoms with Gasteiger partial charge in [-0.05, 0) is 18.2 Å². The number of urea groups is 1. The number of nitrogens with zero attached hydrogens (tertiary/aromatic N) is 3. The molecule has 0 saturated carbocycles. The zero-order chi connectivity index (χ0) is 14.9. The number of carbonyl (C=O) groups is 2. The first-order valence-electron chi connectivity index (χ1n) is 5.47. The molecule has 1 aliphatic rings. The van der Waals surface area contributed by atoms with Gasteiger partial charge in [-0.15, -0.1) is 0 Å². The summed E-state index contributed by atoms with van der Waals surface area (Å²) < 4.78 is 0. The summed E-state index contributed by atoms with van der Waals surface area (Å²) in [4.78, 5) is 26.2. The first-order valence-corrected chi connectivity index (χ1v) is 6.23. The molecule has 106 valence electrons. The van der Waals surface area contributed by atoms with Gasteiger partial charge in [0.05, 0.1) is 22.3 Å². The van der Waals surface area contributed by atoms with Crippen molar-refractivity contribution in [3.63, 3.8) is 0 Å². The summed E-state index contributed by atoms with van der Waals surface area (Å²) >= 11 is 11.6. The monoisotopic (exact) mass is 316 g/mol. The molecule has 3 N–H and O–H groups in total. The van der Waals surface area contributed by atoms with E-state index in [0.717, 1.165) is 9.80 Å². The van der Waals surface area contributed by atoms with Crippen molar-refractivity contribution in [3.05, 3.63) is 28.2 Å². The summed E-state index contributed by atoms with van der Waals surface area (Å²) in [6.07, 6.45) is 0. The van der Waals surface area contributed by atoms with Crippen LogP contribution < -0.4 is 10.6 Å². The molecule has 1 aliphatic heterocycles. The Kier molecular flexibility index (Phi) is 4.01. The number of carbonyl (C=O) groups excluding carboxylic acids is 2. The topological polar surface area (TPSA) is 99.2 Å². The molecule has 0 bridgehead atoms. The van der Waals surface area contributed by atoms with Gasteiger partial charge in [0, 0.05) is 0 Å². The minimum Gasteiger partial charge on any atom is -0.409 e. The number of hydrogen-bond donors (Lipinski definition) is 2. The van der Waals surface area contributed by atoms with Gasteiger partial charge < -0.3 is 15.8 Å². The fraction of sp³-hybridized carbons (Fsp3) is 0.182. The number of hydrogen-bond acceptors (Lipinski definition) is 4. The van der Waals surface area contributed by atoms with Crippen LogP contribution >= 0.6 is 23.2 Å². The van der Waals surface area contributed by atoms with E-state index in [1.54, 1.807) is 0 Å². The highest BCUT2D eigenvalue weighted by molar-refractivity contribution is 6.42. The first-order chi connectivity index (χ1) is 9.43. The second kappa shape index (κ2) is 5.56. The van der Waals surface area contributed by atoms with Crippen molar-refractivity contribution in [1.82, 2.24) is 4.90 Å². The van der Waals surface area contributed by atoms with E-state index < -0.39 is 11.9 Å². The molecule has 2 rings (SSSR count). The number of amidine groups is 1. The Morgan fingerprint density at radius 3 is 2.65 bits per heavy atom. The molecule has 1 aromatic rings. The van der Waals surface area contributed by atoms with Crippen molar-refractivity contribution in [2.45, 2.75) is 0 Å². The van der Waals surface area contributed by atoms with Gasteiger partial charge in [-0.2, -0.15) is 0 Å². The largest absolute Gasteiger partial charge is 0.409 e. The number of halogens is 2. The number of nitrogens with two attached hydrogens (primary N) is 1. The van der Waals surface area contributed by atoms with Crippen LogP contribution in [0.2, 0.25) is 10.0 Å². The lowest BCUT2D eigenvalue weighted by molar-refractivity contribution is -0.116. The number of oxime groups is 1. The average Bonchev–Trinajstić information content (AvgIpc) is 2.68. The standard InChI is InChI=1S/C11H10Cl2N4O3/c12-7-2-1-6(3-8(7)13)17-10(18)5-16(11(17)19)4-9(14)15-20/h1-3,20H,4-5H2,(H2,14,15). The lowest BCUT2D eigenvalue weighted by atomic mass is 10.3. The number of rotatable bonds is 3. The van der Waals surface area contributed by atoms with E-state index in [-0.39, 0.29) is 23.9 Å². The molecule has 0 radical (unpaired) electrons. The lowest BCUT2D eigenvalue weighted by Gasteiger charge is -2.16. The van der Waals surface area contributed by atoms with Crippen LogP contribution in [0.5, 0.6) is 0 Å². The Hall–Kier alpha value is -1.99. The number of amides is 3. The average molecular weight is 317 g/mol. The van der Waals surface area contributed by atoms with Gasteiger partial charge in [-0.25, -0.2) is 9.69 Å². The molecular weight excluding hydrogens is 307 g/mol. The second-order valence-electron chi connectivity index (χ2n) is 4.06. The number of imide groups is 1. The molecule has 0 atom stereocenters. The fourth-order valence-corrected chi connectivity index (χ4v) is 2.07. The summed E-state index contributed by atoms with van der Waals surface area (Å²) in [6, 6.07) is 3.86. The van der Waals surface area contributed by atoms with Gasteiger partial charge in [-0.3, -0.25) is 4.79 Å². The van der Waals surface area contributed by atoms with Crippen molar-refractivity contribution in [2.75, 3.05) is 18.0 Å². The van der Waals surface area contributed by atoms with Crippen LogP contribution in [0, 0.1) is 0 Å². The van der Waals surface area contributed by atoms with Crippen LogP contribution in [-0.4, -0.2) is 41.0 Å². The van der Waals surface area contributed by atoms with E-state index in [1.165, 1.54) is 18.2 Å². The van der Waals surface area contributed by atoms with Crippen LogP contribution in [0.25, 0.3) is 0 Å². The van der Waals surface area contributed by atoms with Crippen molar-refractivity contribution in [3.8, 4) is 0 Å². The molecule has 7 nitrogen and oxygen atoms in total. The Morgan fingerprint density at radius 2 is 2.05 bits per heavy atom. The maximum atomic E-state index is 12.1. The fourth-order valence-electron chi connectivity index (χ4n) is 1.78. The molecule has 1 fully saturated rings. The van der Waals surface area contributed by atoms with Gasteiger partial charge in [0.15, 0.2) is 5.84 Å². The number of benzene rings is 1.